The first-order chi connectivity index (χ1) is 36.7. The van der Waals surface area contributed by atoms with Crippen molar-refractivity contribution in [1.29, 1.82) is 0 Å². The van der Waals surface area contributed by atoms with E-state index >= 15 is 0 Å². The Morgan fingerprint density at radius 3 is 1.22 bits per heavy atom. The summed E-state index contributed by atoms with van der Waals surface area (Å²) < 4.78 is 0. The molecule has 0 unspecified atom stereocenters. The van der Waals surface area contributed by atoms with Crippen LogP contribution in [0.2, 0.25) is 0 Å². The fourth-order valence-electron chi connectivity index (χ4n) is 9.34. The summed E-state index contributed by atoms with van der Waals surface area (Å²) in [6.45, 7) is 3.38. The fraction of sp³-hybridized carbons (Fsp3) is 0.200. The number of aliphatic carboxylic acids is 2. The highest BCUT2D eigenvalue weighted by atomic mass is 32.2. The van der Waals surface area contributed by atoms with Crippen molar-refractivity contribution < 1.29 is 69.0 Å². The van der Waals surface area contributed by atoms with Gasteiger partial charge in [-0.15, -0.1) is 23.5 Å². The number of nitrogens with two attached hydrogens (primary N) is 2. The van der Waals surface area contributed by atoms with Gasteiger partial charge in [-0.1, -0.05) is 109 Å². The number of aromatic hydroxyl groups is 2. The largest absolute Gasteiger partial charge is 0.507 e. The predicted octanol–water partition coefficient (Wildman–Crippen LogP) is 5.28. The van der Waals surface area contributed by atoms with E-state index in [4.69, 9.17) is 11.5 Å². The predicted molar refractivity (Wildman–Crippen MR) is 285 cm³/mol. The lowest BCUT2D eigenvalue weighted by Gasteiger charge is -2.49. The number of carbonyl (C=O) groups excluding carboxylic acids is 4. The van der Waals surface area contributed by atoms with Gasteiger partial charge in [-0.3, -0.25) is 29.0 Å². The van der Waals surface area contributed by atoms with E-state index < -0.39 is 93.9 Å². The van der Waals surface area contributed by atoms with E-state index in [-0.39, 0.29) is 28.9 Å². The molecule has 22 heteroatoms. The molecule has 4 aliphatic heterocycles. The number of hydrogen-bond donors (Lipinski definition) is 10. The van der Waals surface area contributed by atoms with E-state index in [0.29, 0.717) is 66.5 Å². The summed E-state index contributed by atoms with van der Waals surface area (Å²) in [5, 5.41) is 65.9. The van der Waals surface area contributed by atoms with E-state index in [0.717, 1.165) is 0 Å². The Kier molecular flexibility index (Phi) is 16.0. The molecule has 77 heavy (non-hydrogen) atoms. The zero-order valence-corrected chi connectivity index (χ0v) is 42.6. The molecule has 6 aromatic rings. The van der Waals surface area contributed by atoms with Crippen LogP contribution in [0.5, 0.6) is 11.5 Å². The summed E-state index contributed by atoms with van der Waals surface area (Å²) in [4.78, 5) is 97.6. The van der Waals surface area contributed by atoms with Crippen LogP contribution in [0, 0.1) is 0 Å². The molecule has 0 aromatic heterocycles. The van der Waals surface area contributed by atoms with Crippen LogP contribution >= 0.6 is 23.5 Å². The monoisotopic (exact) mass is 1080 g/mol. The fourth-order valence-corrected chi connectivity index (χ4v) is 11.9. The lowest BCUT2D eigenvalue weighted by Crippen LogP contribution is -2.71. The number of aromatic carboxylic acids is 2. The van der Waals surface area contributed by atoms with Crippen molar-refractivity contribution in [2.24, 2.45) is 11.5 Å². The molecule has 12 N–H and O–H groups in total. The number of amides is 4. The molecular weight excluding hydrogens is 1030 g/mol. The van der Waals surface area contributed by atoms with Gasteiger partial charge < -0.3 is 52.7 Å². The quantitative estimate of drug-likeness (QED) is 0.0697. The van der Waals surface area contributed by atoms with Crippen LogP contribution in [0.3, 0.4) is 0 Å². The van der Waals surface area contributed by atoms with Crippen molar-refractivity contribution in [3.8, 4) is 11.5 Å². The average molecular weight is 1080 g/mol. The second-order valence-electron chi connectivity index (χ2n) is 18.2. The summed E-state index contributed by atoms with van der Waals surface area (Å²) in [6, 6.07) is 31.2. The van der Waals surface area contributed by atoms with Gasteiger partial charge >= 0.3 is 23.9 Å². The van der Waals surface area contributed by atoms with E-state index in [1.54, 1.807) is 111 Å². The normalized spacial score (nSPS) is 19.2. The van der Waals surface area contributed by atoms with Crippen molar-refractivity contribution in [3.05, 3.63) is 177 Å². The number of nitrogens with one attached hydrogen (secondary N) is 2. The Bertz CT molecular complexity index is 3260. The lowest BCUT2D eigenvalue weighted by atomic mass is 9.90. The Morgan fingerprint density at radius 1 is 0.545 bits per heavy atom. The third-order valence-electron chi connectivity index (χ3n) is 13.3. The van der Waals surface area contributed by atoms with E-state index in [2.05, 4.69) is 10.6 Å². The highest BCUT2D eigenvalue weighted by Crippen LogP contribution is 2.42. The standard InChI is InChI=1S/C23H16O6.2C16H17N3O4S/c24-20-16(14-7-3-1-5-12(14)9-18(20)22(26)27)11-17-15-8-4-2-6-13(15)10-19(21(17)25)23(28)29;2*1-8-7-24-15-11(14(21)19(15)12(8)16(22)23)18-13(20)10(17)9-5-3-2-4-6-9/h1-10,24-25H,11H2,(H,26,27)(H,28,29);2*2-6,10-11,15H,7,17H2,1H3,(H,18,20)(H,22,23)/t;2*10-,11+,15+/m.00/s1. The van der Waals surface area contributed by atoms with Gasteiger partial charge in [-0.2, -0.15) is 0 Å². The molecule has 4 aliphatic rings. The summed E-state index contributed by atoms with van der Waals surface area (Å²) in [6.07, 6.45) is -0.0407. The minimum Gasteiger partial charge on any atom is -0.507 e. The number of carboxylic acids is 4. The van der Waals surface area contributed by atoms with Crippen LogP contribution in [0.15, 0.2) is 144 Å². The van der Waals surface area contributed by atoms with Gasteiger partial charge in [-0.25, -0.2) is 19.2 Å². The highest BCUT2D eigenvalue weighted by molar-refractivity contribution is 8.00. The van der Waals surface area contributed by atoms with E-state index in [9.17, 15) is 69.0 Å². The SMILES string of the molecule is CC1=C(C(=O)O)N2C(=O)[C@@H](NC(=O)[C@@H](N)c3ccccc3)[C@H]2SC1.CC1=C(C(=O)O)N2C(=O)[C@@H](NC(=O)[C@@H](N)c3ccccc3)[C@H]2SC1.O=C(O)c1cc2ccccc2c(Cc2c(O)c(C(=O)O)cc3ccccc23)c1O. The second-order valence-corrected chi connectivity index (χ2v) is 20.4. The molecule has 4 heterocycles. The van der Waals surface area contributed by atoms with Crippen molar-refractivity contribution in [2.75, 3.05) is 11.5 Å². The smallest absolute Gasteiger partial charge is 0.352 e. The molecule has 20 nitrogen and oxygen atoms in total. The number of thioether (sulfide) groups is 2. The number of carboxylic acid groups (broad SMARTS) is 4. The van der Waals surface area contributed by atoms with Crippen molar-refractivity contribution in [2.45, 2.75) is 55.2 Å². The van der Waals surface area contributed by atoms with Gasteiger partial charge in [0.05, 0.1) is 0 Å². The van der Waals surface area contributed by atoms with Crippen LogP contribution in [0.4, 0.5) is 0 Å². The average Bonchev–Trinajstić information content (AvgIpc) is 3.43. The third kappa shape index (κ3) is 10.8. The second kappa shape index (κ2) is 22.6. The van der Waals surface area contributed by atoms with Crippen LogP contribution in [0.25, 0.3) is 21.5 Å². The molecule has 6 aromatic carbocycles. The van der Waals surface area contributed by atoms with Crippen LogP contribution in [-0.2, 0) is 35.2 Å². The maximum atomic E-state index is 12.3. The van der Waals surface area contributed by atoms with Gasteiger partial charge in [0.15, 0.2) is 0 Å². The van der Waals surface area contributed by atoms with Gasteiger partial charge in [0.2, 0.25) is 11.8 Å². The minimum atomic E-state index is -1.28. The van der Waals surface area contributed by atoms with Crippen molar-refractivity contribution >= 4 is 92.6 Å². The molecule has 4 amide bonds. The number of fused-ring (bicyclic) bond motifs is 4. The highest BCUT2D eigenvalue weighted by Gasteiger charge is 2.55. The Balaban J connectivity index is 0.000000154. The number of rotatable bonds is 12. The number of β-lactam (4-membered cyclic amide) rings is 2. The number of hydrogen-bond acceptors (Lipinski definition) is 14. The lowest BCUT2D eigenvalue weighted by molar-refractivity contribution is -0.150. The van der Waals surface area contributed by atoms with Crippen molar-refractivity contribution in [1.82, 2.24) is 20.4 Å². The number of nitrogens with zero attached hydrogens (tertiary/aromatic N) is 2. The Hall–Kier alpha value is -8.70. The molecule has 0 aliphatic carbocycles. The maximum absolute atomic E-state index is 12.3. The summed E-state index contributed by atoms with van der Waals surface area (Å²) >= 11 is 2.86. The number of benzene rings is 6. The Labute approximate surface area is 447 Å². The molecule has 2 saturated heterocycles. The summed E-state index contributed by atoms with van der Waals surface area (Å²) in [5.41, 5.74) is 14.6. The van der Waals surface area contributed by atoms with Crippen molar-refractivity contribution in [3.63, 3.8) is 0 Å². The molecule has 0 spiro atoms. The molecule has 6 atom stereocenters. The van der Waals surface area contributed by atoms with Gasteiger partial charge in [0.1, 0.15) is 68.9 Å². The molecule has 396 valence electrons. The molecular formula is C55H50N6O14S2. The first kappa shape index (κ1) is 54.6. The zero-order valence-electron chi connectivity index (χ0n) is 40.9. The molecule has 2 fully saturated rings. The van der Waals surface area contributed by atoms with Crippen LogP contribution < -0.4 is 22.1 Å². The third-order valence-corrected chi connectivity index (χ3v) is 16.1. The summed E-state index contributed by atoms with van der Waals surface area (Å²) in [5.74, 6) is -6.35. The van der Waals surface area contributed by atoms with Crippen LogP contribution in [-0.4, -0.2) is 122 Å². The first-order valence-corrected chi connectivity index (χ1v) is 25.7. The maximum Gasteiger partial charge on any atom is 0.352 e. The van der Waals surface area contributed by atoms with E-state index in [1.165, 1.54) is 45.5 Å². The molecule has 0 radical (unpaired) electrons. The molecule has 0 saturated carbocycles. The zero-order chi connectivity index (χ0) is 55.6. The van der Waals surface area contributed by atoms with E-state index in [1.807, 2.05) is 12.1 Å². The molecule has 10 rings (SSSR count). The summed E-state index contributed by atoms with van der Waals surface area (Å²) in [7, 11) is 0. The van der Waals surface area contributed by atoms with Gasteiger partial charge in [0, 0.05) is 29.1 Å². The van der Waals surface area contributed by atoms with Gasteiger partial charge in [-0.05, 0) is 69.8 Å². The van der Waals surface area contributed by atoms with Crippen LogP contribution in [0.1, 0.15) is 68.9 Å². The minimum absolute atomic E-state index is 0.0154. The number of phenols is 2. The molecule has 0 bridgehead atoms. The first-order valence-electron chi connectivity index (χ1n) is 23.6. The topological polar surface area (TPSA) is 341 Å². The van der Waals surface area contributed by atoms with Gasteiger partial charge in [0.25, 0.3) is 11.8 Å². The Morgan fingerprint density at radius 2 is 0.883 bits per heavy atom. The number of carbonyl (C=O) groups is 8.